The van der Waals surface area contributed by atoms with E-state index in [1.54, 1.807) is 0 Å². The molecule has 2 N–H and O–H groups in total. The van der Waals surface area contributed by atoms with E-state index in [9.17, 15) is 4.79 Å². The minimum atomic E-state index is -0.157. The van der Waals surface area contributed by atoms with Crippen LogP contribution in [0.5, 0.6) is 0 Å². The lowest BCUT2D eigenvalue weighted by molar-refractivity contribution is -0.122. The summed E-state index contributed by atoms with van der Waals surface area (Å²) in [5, 5.41) is 5.92. The molecule has 0 aliphatic heterocycles. The summed E-state index contributed by atoms with van der Waals surface area (Å²) in [6, 6.07) is 9.94. The third-order valence-electron chi connectivity index (χ3n) is 2.40. The maximum Gasteiger partial charge on any atom is 0.236 e. The maximum absolute atomic E-state index is 11.4. The van der Waals surface area contributed by atoms with Crippen LogP contribution in [0.15, 0.2) is 36.4 Å². The highest BCUT2D eigenvalue weighted by atomic mass is 16.2. The number of carbonyl (C=O) groups is 1. The van der Waals surface area contributed by atoms with Crippen LogP contribution in [0, 0.1) is 0 Å². The molecule has 0 heterocycles. The SMILES string of the molecule is CCNC(=O)C(C)NCC=Cc1ccccc1. The van der Waals surface area contributed by atoms with Crippen LogP contribution in [0.1, 0.15) is 19.4 Å². The van der Waals surface area contributed by atoms with Gasteiger partial charge in [-0.3, -0.25) is 4.79 Å². The number of hydrogen-bond acceptors (Lipinski definition) is 2. The van der Waals surface area contributed by atoms with Gasteiger partial charge in [-0.2, -0.15) is 0 Å². The van der Waals surface area contributed by atoms with Crippen LogP contribution in [-0.2, 0) is 4.79 Å². The largest absolute Gasteiger partial charge is 0.355 e. The van der Waals surface area contributed by atoms with Crippen LogP contribution in [0.4, 0.5) is 0 Å². The van der Waals surface area contributed by atoms with Crippen molar-refractivity contribution in [3.63, 3.8) is 0 Å². The van der Waals surface area contributed by atoms with Crippen molar-refractivity contribution in [2.24, 2.45) is 0 Å². The standard InChI is InChI=1S/C14H20N2O/c1-3-15-14(17)12(2)16-11-7-10-13-8-5-4-6-9-13/h4-10,12,16H,3,11H2,1-2H3,(H,15,17). The van der Waals surface area contributed by atoms with Gasteiger partial charge in [0.25, 0.3) is 0 Å². The van der Waals surface area contributed by atoms with E-state index in [4.69, 9.17) is 0 Å². The van der Waals surface area contributed by atoms with E-state index < -0.39 is 0 Å². The lowest BCUT2D eigenvalue weighted by Gasteiger charge is -2.11. The molecule has 0 spiro atoms. The second-order valence-electron chi connectivity index (χ2n) is 3.84. The summed E-state index contributed by atoms with van der Waals surface area (Å²) < 4.78 is 0. The molecule has 1 amide bonds. The van der Waals surface area contributed by atoms with Crippen molar-refractivity contribution >= 4 is 12.0 Å². The third kappa shape index (κ3) is 5.31. The fourth-order valence-corrected chi connectivity index (χ4v) is 1.42. The molecule has 0 saturated carbocycles. The Hall–Kier alpha value is -1.61. The summed E-state index contributed by atoms with van der Waals surface area (Å²) in [6.45, 7) is 5.14. The van der Waals surface area contributed by atoms with E-state index in [0.29, 0.717) is 13.1 Å². The Morgan fingerprint density at radius 1 is 1.35 bits per heavy atom. The third-order valence-corrected chi connectivity index (χ3v) is 2.40. The zero-order chi connectivity index (χ0) is 12.5. The summed E-state index contributed by atoms with van der Waals surface area (Å²) in [5.41, 5.74) is 1.17. The van der Waals surface area contributed by atoms with Crippen molar-refractivity contribution in [1.29, 1.82) is 0 Å². The van der Waals surface area contributed by atoms with Gasteiger partial charge in [0.05, 0.1) is 6.04 Å². The number of amides is 1. The van der Waals surface area contributed by atoms with Crippen molar-refractivity contribution in [3.05, 3.63) is 42.0 Å². The molecular weight excluding hydrogens is 212 g/mol. The summed E-state index contributed by atoms with van der Waals surface area (Å²) in [7, 11) is 0. The number of likely N-dealkylation sites (N-methyl/N-ethyl adjacent to an activating group) is 1. The molecule has 17 heavy (non-hydrogen) atoms. The molecule has 0 aromatic heterocycles. The Bertz CT molecular complexity index is 360. The fraction of sp³-hybridized carbons (Fsp3) is 0.357. The zero-order valence-corrected chi connectivity index (χ0v) is 10.4. The highest BCUT2D eigenvalue weighted by Gasteiger charge is 2.08. The van der Waals surface area contributed by atoms with E-state index in [1.165, 1.54) is 5.56 Å². The molecule has 0 aliphatic rings. The van der Waals surface area contributed by atoms with Gasteiger partial charge in [0, 0.05) is 13.1 Å². The first-order chi connectivity index (χ1) is 8.24. The van der Waals surface area contributed by atoms with E-state index in [0.717, 1.165) is 0 Å². The van der Waals surface area contributed by atoms with Gasteiger partial charge in [0.15, 0.2) is 0 Å². The molecule has 1 atom stereocenters. The first-order valence-corrected chi connectivity index (χ1v) is 5.96. The molecule has 1 aromatic rings. The summed E-state index contributed by atoms with van der Waals surface area (Å²) in [5.74, 6) is 0.0422. The molecule has 0 radical (unpaired) electrons. The first kappa shape index (κ1) is 13.5. The van der Waals surface area contributed by atoms with E-state index in [2.05, 4.69) is 10.6 Å². The number of rotatable bonds is 6. The number of nitrogens with one attached hydrogen (secondary N) is 2. The molecule has 1 rings (SSSR count). The van der Waals surface area contributed by atoms with Crippen LogP contribution in [0.2, 0.25) is 0 Å². The van der Waals surface area contributed by atoms with Crippen molar-refractivity contribution in [2.45, 2.75) is 19.9 Å². The van der Waals surface area contributed by atoms with Crippen molar-refractivity contribution in [1.82, 2.24) is 10.6 Å². The fourth-order valence-electron chi connectivity index (χ4n) is 1.42. The second-order valence-corrected chi connectivity index (χ2v) is 3.84. The number of benzene rings is 1. The van der Waals surface area contributed by atoms with Gasteiger partial charge in [0.2, 0.25) is 5.91 Å². The van der Waals surface area contributed by atoms with Gasteiger partial charge in [-0.05, 0) is 19.4 Å². The molecule has 1 aromatic carbocycles. The average molecular weight is 232 g/mol. The van der Waals surface area contributed by atoms with Crippen LogP contribution in [0.25, 0.3) is 6.08 Å². The lowest BCUT2D eigenvalue weighted by atomic mass is 10.2. The molecule has 0 aliphatic carbocycles. The quantitative estimate of drug-likeness (QED) is 0.785. The zero-order valence-electron chi connectivity index (χ0n) is 10.4. The minimum absolute atomic E-state index is 0.0422. The van der Waals surface area contributed by atoms with E-state index in [-0.39, 0.29) is 11.9 Å². The van der Waals surface area contributed by atoms with Gasteiger partial charge in [-0.25, -0.2) is 0 Å². The highest BCUT2D eigenvalue weighted by Crippen LogP contribution is 1.99. The van der Waals surface area contributed by atoms with Crippen LogP contribution in [0.3, 0.4) is 0 Å². The average Bonchev–Trinajstić information content (AvgIpc) is 2.36. The molecule has 0 bridgehead atoms. The predicted octanol–water partition coefficient (Wildman–Crippen LogP) is 1.81. The maximum atomic E-state index is 11.4. The number of carbonyl (C=O) groups excluding carboxylic acids is 1. The van der Waals surface area contributed by atoms with Crippen LogP contribution < -0.4 is 10.6 Å². The van der Waals surface area contributed by atoms with Crippen LogP contribution in [-0.4, -0.2) is 25.0 Å². The van der Waals surface area contributed by atoms with Gasteiger partial charge >= 0.3 is 0 Å². The van der Waals surface area contributed by atoms with Gasteiger partial charge in [-0.1, -0.05) is 42.5 Å². The van der Waals surface area contributed by atoms with Gasteiger partial charge in [-0.15, -0.1) is 0 Å². The normalized spacial score (nSPS) is 12.6. The van der Waals surface area contributed by atoms with Crippen molar-refractivity contribution in [3.8, 4) is 0 Å². The Morgan fingerprint density at radius 3 is 2.71 bits per heavy atom. The molecule has 3 heteroatoms. The van der Waals surface area contributed by atoms with E-state index >= 15 is 0 Å². The molecule has 0 saturated heterocycles. The van der Waals surface area contributed by atoms with Crippen molar-refractivity contribution in [2.75, 3.05) is 13.1 Å². The Labute approximate surface area is 103 Å². The molecule has 0 fully saturated rings. The van der Waals surface area contributed by atoms with E-state index in [1.807, 2.05) is 56.3 Å². The molecular formula is C14H20N2O. The number of hydrogen-bond donors (Lipinski definition) is 2. The predicted molar refractivity (Wildman–Crippen MR) is 71.6 cm³/mol. The lowest BCUT2D eigenvalue weighted by Crippen LogP contribution is -2.42. The van der Waals surface area contributed by atoms with Crippen LogP contribution >= 0.6 is 0 Å². The highest BCUT2D eigenvalue weighted by molar-refractivity contribution is 5.81. The van der Waals surface area contributed by atoms with Gasteiger partial charge < -0.3 is 10.6 Å². The first-order valence-electron chi connectivity index (χ1n) is 5.96. The molecule has 1 unspecified atom stereocenters. The smallest absolute Gasteiger partial charge is 0.236 e. The topological polar surface area (TPSA) is 41.1 Å². The van der Waals surface area contributed by atoms with Crippen molar-refractivity contribution < 1.29 is 4.79 Å². The Kier molecular flexibility index (Phi) is 6.04. The monoisotopic (exact) mass is 232 g/mol. The van der Waals surface area contributed by atoms with Gasteiger partial charge in [0.1, 0.15) is 0 Å². The minimum Gasteiger partial charge on any atom is -0.355 e. The molecule has 3 nitrogen and oxygen atoms in total. The Balaban J connectivity index is 2.28. The molecule has 92 valence electrons. The summed E-state index contributed by atoms with van der Waals surface area (Å²) in [4.78, 5) is 11.4. The summed E-state index contributed by atoms with van der Waals surface area (Å²) >= 11 is 0. The second kappa shape index (κ2) is 7.63. The summed E-state index contributed by atoms with van der Waals surface area (Å²) in [6.07, 6.45) is 4.06. The Morgan fingerprint density at radius 2 is 2.06 bits per heavy atom.